The Labute approximate surface area is 158 Å². The summed E-state index contributed by atoms with van der Waals surface area (Å²) in [6.45, 7) is 5.00. The molecule has 1 aliphatic carbocycles. The number of nitrogens with zero attached hydrogens (tertiary/aromatic N) is 5. The summed E-state index contributed by atoms with van der Waals surface area (Å²) in [5, 5.41) is 4.09. The van der Waals surface area contributed by atoms with Crippen molar-refractivity contribution in [3.8, 4) is 5.82 Å². The van der Waals surface area contributed by atoms with E-state index in [9.17, 15) is 4.79 Å². The molecule has 4 rings (SSSR count). The van der Waals surface area contributed by atoms with Crippen LogP contribution in [0.25, 0.3) is 5.82 Å². The molecular weight excluding hydrogens is 338 g/mol. The van der Waals surface area contributed by atoms with Crippen LogP contribution in [0.1, 0.15) is 54.1 Å². The van der Waals surface area contributed by atoms with E-state index >= 15 is 0 Å². The minimum absolute atomic E-state index is 0.0363. The van der Waals surface area contributed by atoms with Crippen molar-refractivity contribution in [3.05, 3.63) is 71.9 Å². The second-order valence-electron chi connectivity index (χ2n) is 7.30. The van der Waals surface area contributed by atoms with Crippen LogP contribution >= 0.6 is 0 Å². The molecule has 138 valence electrons. The van der Waals surface area contributed by atoms with Crippen molar-refractivity contribution in [2.75, 3.05) is 0 Å². The molecule has 0 spiro atoms. The maximum atomic E-state index is 13.2. The SMILES string of the molecule is CC(C)c1ccc(CN(C(=O)c2ccnc(-n3cncn3)c2)C2CC2)cc1. The number of carbonyl (C=O) groups excluding carboxylic acids is 1. The Morgan fingerprint density at radius 2 is 2.00 bits per heavy atom. The van der Waals surface area contributed by atoms with E-state index in [4.69, 9.17) is 0 Å². The second kappa shape index (κ2) is 7.31. The number of hydrogen-bond donors (Lipinski definition) is 0. The predicted molar refractivity (Wildman–Crippen MR) is 103 cm³/mol. The molecule has 1 saturated carbocycles. The van der Waals surface area contributed by atoms with Gasteiger partial charge in [-0.25, -0.2) is 14.6 Å². The van der Waals surface area contributed by atoms with Gasteiger partial charge in [-0.15, -0.1) is 0 Å². The standard InChI is InChI=1S/C21H23N5O/c1-15(2)17-5-3-16(4-6-17)12-25(19-7-8-19)21(27)18-9-10-23-20(11-18)26-14-22-13-24-26/h3-6,9-11,13-15,19H,7-8,12H2,1-2H3. The molecular formula is C21H23N5O. The van der Waals surface area contributed by atoms with Crippen LogP contribution in [-0.4, -0.2) is 36.6 Å². The smallest absolute Gasteiger partial charge is 0.254 e. The fraction of sp³-hybridized carbons (Fsp3) is 0.333. The van der Waals surface area contributed by atoms with Crippen molar-refractivity contribution in [2.24, 2.45) is 0 Å². The summed E-state index contributed by atoms with van der Waals surface area (Å²) in [6, 6.07) is 12.4. The summed E-state index contributed by atoms with van der Waals surface area (Å²) in [6.07, 6.45) is 6.81. The third kappa shape index (κ3) is 3.89. The number of pyridine rings is 1. The first-order valence-corrected chi connectivity index (χ1v) is 9.32. The topological polar surface area (TPSA) is 63.9 Å². The van der Waals surface area contributed by atoms with Crippen molar-refractivity contribution in [3.63, 3.8) is 0 Å². The summed E-state index contributed by atoms with van der Waals surface area (Å²) < 4.78 is 1.56. The second-order valence-corrected chi connectivity index (χ2v) is 7.30. The van der Waals surface area contributed by atoms with Crippen LogP contribution in [0.15, 0.2) is 55.2 Å². The number of carbonyl (C=O) groups is 1. The first kappa shape index (κ1) is 17.4. The Balaban J connectivity index is 1.55. The highest BCUT2D eigenvalue weighted by Gasteiger charge is 2.33. The highest BCUT2D eigenvalue weighted by Crippen LogP contribution is 2.30. The van der Waals surface area contributed by atoms with E-state index in [0.29, 0.717) is 29.9 Å². The number of hydrogen-bond acceptors (Lipinski definition) is 4. The van der Waals surface area contributed by atoms with Crippen molar-refractivity contribution in [1.82, 2.24) is 24.6 Å². The number of rotatable bonds is 6. The van der Waals surface area contributed by atoms with E-state index in [1.807, 2.05) is 4.90 Å². The zero-order valence-corrected chi connectivity index (χ0v) is 15.6. The molecule has 6 nitrogen and oxygen atoms in total. The average molecular weight is 361 g/mol. The van der Waals surface area contributed by atoms with Crippen molar-refractivity contribution >= 4 is 5.91 Å². The molecule has 2 aromatic heterocycles. The monoisotopic (exact) mass is 361 g/mol. The van der Waals surface area contributed by atoms with Crippen molar-refractivity contribution < 1.29 is 4.79 Å². The van der Waals surface area contributed by atoms with Gasteiger partial charge in [-0.3, -0.25) is 4.79 Å². The van der Waals surface area contributed by atoms with Crippen LogP contribution in [-0.2, 0) is 6.54 Å². The van der Waals surface area contributed by atoms with E-state index in [0.717, 1.165) is 18.4 Å². The summed E-state index contributed by atoms with van der Waals surface area (Å²) in [7, 11) is 0. The molecule has 6 heteroatoms. The predicted octanol–water partition coefficient (Wildman–Crippen LogP) is 3.59. The van der Waals surface area contributed by atoms with Gasteiger partial charge in [-0.2, -0.15) is 5.10 Å². The summed E-state index contributed by atoms with van der Waals surface area (Å²) in [5.74, 6) is 1.14. The summed E-state index contributed by atoms with van der Waals surface area (Å²) >= 11 is 0. The molecule has 0 saturated heterocycles. The average Bonchev–Trinajstić information content (AvgIpc) is 3.38. The van der Waals surface area contributed by atoms with Gasteiger partial charge in [0.2, 0.25) is 0 Å². The first-order valence-electron chi connectivity index (χ1n) is 9.32. The van der Waals surface area contributed by atoms with E-state index < -0.39 is 0 Å². The number of aromatic nitrogens is 4. The molecule has 0 N–H and O–H groups in total. The quantitative estimate of drug-likeness (QED) is 0.673. The third-order valence-corrected chi connectivity index (χ3v) is 4.89. The molecule has 1 aromatic carbocycles. The van der Waals surface area contributed by atoms with E-state index in [1.54, 1.807) is 29.3 Å². The molecule has 27 heavy (non-hydrogen) atoms. The molecule has 0 bridgehead atoms. The third-order valence-electron chi connectivity index (χ3n) is 4.89. The minimum atomic E-state index is 0.0363. The minimum Gasteiger partial charge on any atom is -0.331 e. The van der Waals surface area contributed by atoms with Gasteiger partial charge in [-0.1, -0.05) is 38.1 Å². The Morgan fingerprint density at radius 1 is 1.22 bits per heavy atom. The molecule has 2 heterocycles. The van der Waals surface area contributed by atoms with Gasteiger partial charge in [0.25, 0.3) is 5.91 Å². The molecule has 1 aliphatic rings. The van der Waals surface area contributed by atoms with Crippen LogP contribution < -0.4 is 0 Å². The molecule has 3 aromatic rings. The highest BCUT2D eigenvalue weighted by atomic mass is 16.2. The molecule has 0 aliphatic heterocycles. The number of benzene rings is 1. The lowest BCUT2D eigenvalue weighted by molar-refractivity contribution is 0.0729. The lowest BCUT2D eigenvalue weighted by Crippen LogP contribution is -2.32. The Morgan fingerprint density at radius 3 is 2.63 bits per heavy atom. The Bertz CT molecular complexity index is 914. The zero-order valence-electron chi connectivity index (χ0n) is 15.6. The van der Waals surface area contributed by atoms with E-state index in [-0.39, 0.29) is 5.91 Å². The van der Waals surface area contributed by atoms with Crippen LogP contribution in [0.4, 0.5) is 0 Å². The number of amides is 1. The van der Waals surface area contributed by atoms with Crippen LogP contribution in [0.2, 0.25) is 0 Å². The van der Waals surface area contributed by atoms with Crippen LogP contribution in [0, 0.1) is 0 Å². The van der Waals surface area contributed by atoms with Crippen molar-refractivity contribution in [2.45, 2.75) is 45.2 Å². The normalized spacial score (nSPS) is 13.7. The molecule has 1 amide bonds. The lowest BCUT2D eigenvalue weighted by atomic mass is 10.0. The van der Waals surface area contributed by atoms with Crippen LogP contribution in [0.3, 0.4) is 0 Å². The fourth-order valence-corrected chi connectivity index (χ4v) is 3.13. The highest BCUT2D eigenvalue weighted by molar-refractivity contribution is 5.95. The van der Waals surface area contributed by atoms with Gasteiger partial charge >= 0.3 is 0 Å². The van der Waals surface area contributed by atoms with Gasteiger partial charge in [0.05, 0.1) is 0 Å². The lowest BCUT2D eigenvalue weighted by Gasteiger charge is -2.23. The van der Waals surface area contributed by atoms with E-state index in [2.05, 4.69) is 53.2 Å². The Kier molecular flexibility index (Phi) is 4.71. The van der Waals surface area contributed by atoms with Gasteiger partial charge in [-0.05, 0) is 42.0 Å². The summed E-state index contributed by atoms with van der Waals surface area (Å²) in [5.41, 5.74) is 3.10. The van der Waals surface area contributed by atoms with Gasteiger partial charge in [0.15, 0.2) is 5.82 Å². The van der Waals surface area contributed by atoms with Gasteiger partial charge in [0.1, 0.15) is 12.7 Å². The molecule has 0 unspecified atom stereocenters. The summed E-state index contributed by atoms with van der Waals surface area (Å²) in [4.78, 5) is 23.4. The zero-order chi connectivity index (χ0) is 18.8. The molecule has 0 atom stereocenters. The fourth-order valence-electron chi connectivity index (χ4n) is 3.13. The van der Waals surface area contributed by atoms with Crippen molar-refractivity contribution in [1.29, 1.82) is 0 Å². The van der Waals surface area contributed by atoms with Crippen LogP contribution in [0.5, 0.6) is 0 Å². The first-order chi connectivity index (χ1) is 13.1. The largest absolute Gasteiger partial charge is 0.331 e. The molecule has 0 radical (unpaired) electrons. The Hall–Kier alpha value is -3.02. The van der Waals surface area contributed by atoms with E-state index in [1.165, 1.54) is 11.9 Å². The van der Waals surface area contributed by atoms with Gasteiger partial charge in [0, 0.05) is 24.3 Å². The maximum Gasteiger partial charge on any atom is 0.254 e. The molecule has 1 fully saturated rings. The maximum absolute atomic E-state index is 13.2. The van der Waals surface area contributed by atoms with Gasteiger partial charge < -0.3 is 4.90 Å².